The summed E-state index contributed by atoms with van der Waals surface area (Å²) in [4.78, 5) is 13.5. The Hall–Kier alpha value is -1.30. The molecule has 6 heteroatoms. The van der Waals surface area contributed by atoms with Crippen LogP contribution in [0.5, 0.6) is 0 Å². The lowest BCUT2D eigenvalue weighted by atomic mass is 10.2. The first kappa shape index (κ1) is 16.8. The van der Waals surface area contributed by atoms with Crippen LogP contribution in [0.2, 0.25) is 0 Å². The van der Waals surface area contributed by atoms with Crippen molar-refractivity contribution in [2.75, 3.05) is 33.4 Å². The number of hydrogen-bond acceptors (Lipinski definition) is 4. The Balaban J connectivity index is 0.00000200. The number of halogens is 1. The minimum Gasteiger partial charge on any atom is -0.445 e. The van der Waals surface area contributed by atoms with Crippen LogP contribution in [0.4, 0.5) is 4.79 Å². The molecule has 0 aromatic heterocycles. The average Bonchev–Trinajstić information content (AvgIpc) is 2.74. The van der Waals surface area contributed by atoms with Crippen LogP contribution in [-0.4, -0.2) is 50.4 Å². The number of hydrogen-bond donors (Lipinski definition) is 1. The molecule has 1 amide bonds. The molecular weight excluding hydrogens is 280 g/mol. The number of ether oxygens (including phenoxy) is 2. The lowest BCUT2D eigenvalue weighted by Gasteiger charge is -2.25. The summed E-state index contributed by atoms with van der Waals surface area (Å²) in [5, 5.41) is 3.23. The minimum atomic E-state index is -0.318. The lowest BCUT2D eigenvalue weighted by Crippen LogP contribution is -2.44. The molecule has 0 bridgehead atoms. The van der Waals surface area contributed by atoms with Crippen LogP contribution in [-0.2, 0) is 16.1 Å². The summed E-state index contributed by atoms with van der Waals surface area (Å²) in [6.45, 7) is 3.08. The van der Waals surface area contributed by atoms with Crippen molar-refractivity contribution in [3.05, 3.63) is 35.9 Å². The van der Waals surface area contributed by atoms with Crippen molar-refractivity contribution in [3.63, 3.8) is 0 Å². The molecule has 5 nitrogen and oxygen atoms in total. The van der Waals surface area contributed by atoms with Crippen molar-refractivity contribution in [1.29, 1.82) is 0 Å². The van der Waals surface area contributed by atoms with Gasteiger partial charge in [0.2, 0.25) is 0 Å². The zero-order valence-corrected chi connectivity index (χ0v) is 12.4. The van der Waals surface area contributed by atoms with E-state index in [-0.39, 0.29) is 24.5 Å². The highest BCUT2D eigenvalue weighted by Crippen LogP contribution is 2.06. The number of nitrogens with zero attached hydrogens (tertiary/aromatic N) is 1. The first-order chi connectivity index (χ1) is 9.27. The van der Waals surface area contributed by atoms with Crippen molar-refractivity contribution >= 4 is 18.5 Å². The normalized spacial score (nSPS) is 18.6. The summed E-state index contributed by atoms with van der Waals surface area (Å²) in [5.74, 6) is 0. The standard InChI is InChI=1S/C14H20N2O3.ClH/c1-16(13-9-15-7-8-18-11-13)14(17)19-10-12-5-3-2-4-6-12;/h2-6,13,15H,7-11H2,1H3;1H. The van der Waals surface area contributed by atoms with E-state index < -0.39 is 0 Å². The van der Waals surface area contributed by atoms with E-state index in [1.54, 1.807) is 11.9 Å². The Labute approximate surface area is 125 Å². The van der Waals surface area contributed by atoms with Gasteiger partial charge in [0.05, 0.1) is 19.3 Å². The summed E-state index contributed by atoms with van der Waals surface area (Å²) in [5.41, 5.74) is 0.986. The predicted octanol–water partition coefficient (Wildman–Crippen LogP) is 1.67. The fourth-order valence-corrected chi connectivity index (χ4v) is 1.91. The molecule has 0 spiro atoms. The molecule has 20 heavy (non-hydrogen) atoms. The molecule has 0 radical (unpaired) electrons. The Bertz CT molecular complexity index is 395. The SMILES string of the molecule is CN(C(=O)OCc1ccccc1)C1CNCCOC1.Cl. The quantitative estimate of drug-likeness (QED) is 0.922. The molecule has 0 saturated carbocycles. The first-order valence-electron chi connectivity index (χ1n) is 6.49. The topological polar surface area (TPSA) is 50.8 Å². The number of nitrogens with one attached hydrogen (secondary N) is 1. The molecule has 1 atom stereocenters. The van der Waals surface area contributed by atoms with Gasteiger partial charge in [-0.15, -0.1) is 12.4 Å². The van der Waals surface area contributed by atoms with Crippen LogP contribution < -0.4 is 5.32 Å². The molecule has 1 aromatic rings. The molecule has 1 heterocycles. The van der Waals surface area contributed by atoms with Crippen molar-refractivity contribution in [2.45, 2.75) is 12.6 Å². The third-order valence-electron chi connectivity index (χ3n) is 3.15. The predicted molar refractivity (Wildman–Crippen MR) is 79.1 cm³/mol. The highest BCUT2D eigenvalue weighted by atomic mass is 35.5. The third kappa shape index (κ3) is 5.00. The van der Waals surface area contributed by atoms with Gasteiger partial charge >= 0.3 is 6.09 Å². The second kappa shape index (κ2) is 8.79. The van der Waals surface area contributed by atoms with Gasteiger partial charge in [-0.3, -0.25) is 0 Å². The highest BCUT2D eigenvalue weighted by Gasteiger charge is 2.22. The maximum absolute atomic E-state index is 11.9. The fraction of sp³-hybridized carbons (Fsp3) is 0.500. The van der Waals surface area contributed by atoms with Gasteiger partial charge in [-0.1, -0.05) is 30.3 Å². The molecule has 112 valence electrons. The zero-order chi connectivity index (χ0) is 13.5. The van der Waals surface area contributed by atoms with E-state index >= 15 is 0 Å². The number of carbonyl (C=O) groups excluding carboxylic acids is 1. The van der Waals surface area contributed by atoms with Gasteiger partial charge in [-0.05, 0) is 5.56 Å². The van der Waals surface area contributed by atoms with Crippen LogP contribution in [0.25, 0.3) is 0 Å². The third-order valence-corrected chi connectivity index (χ3v) is 3.15. The molecule has 1 unspecified atom stereocenters. The number of rotatable bonds is 3. The van der Waals surface area contributed by atoms with Gasteiger partial charge in [-0.2, -0.15) is 0 Å². The van der Waals surface area contributed by atoms with Gasteiger partial charge in [0.15, 0.2) is 0 Å². The van der Waals surface area contributed by atoms with Crippen LogP contribution >= 0.6 is 12.4 Å². The molecule has 1 aliphatic heterocycles. The van der Waals surface area contributed by atoms with Gasteiger partial charge in [0.25, 0.3) is 0 Å². The number of amides is 1. The summed E-state index contributed by atoms with van der Waals surface area (Å²) < 4.78 is 10.7. The van der Waals surface area contributed by atoms with E-state index in [9.17, 15) is 4.79 Å². The Morgan fingerprint density at radius 2 is 2.20 bits per heavy atom. The van der Waals surface area contributed by atoms with E-state index in [4.69, 9.17) is 9.47 Å². The van der Waals surface area contributed by atoms with Gasteiger partial charge in [0.1, 0.15) is 6.61 Å². The van der Waals surface area contributed by atoms with Crippen molar-refractivity contribution in [2.24, 2.45) is 0 Å². The van der Waals surface area contributed by atoms with E-state index in [2.05, 4.69) is 5.32 Å². The molecular formula is C14H21ClN2O3. The van der Waals surface area contributed by atoms with E-state index in [0.717, 1.165) is 18.7 Å². The summed E-state index contributed by atoms with van der Waals surface area (Å²) in [7, 11) is 1.74. The largest absolute Gasteiger partial charge is 0.445 e. The second-order valence-electron chi connectivity index (χ2n) is 4.58. The second-order valence-corrected chi connectivity index (χ2v) is 4.58. The van der Waals surface area contributed by atoms with Crippen LogP contribution in [0.1, 0.15) is 5.56 Å². The number of likely N-dealkylation sites (N-methyl/N-ethyl adjacent to an activating group) is 1. The number of carbonyl (C=O) groups is 1. The molecule has 0 aliphatic carbocycles. The van der Waals surface area contributed by atoms with Crippen LogP contribution in [0, 0.1) is 0 Å². The average molecular weight is 301 g/mol. The Kier molecular flexibility index (Phi) is 7.36. The highest BCUT2D eigenvalue weighted by molar-refractivity contribution is 5.85. The first-order valence-corrected chi connectivity index (χ1v) is 6.49. The van der Waals surface area contributed by atoms with Crippen LogP contribution in [0.3, 0.4) is 0 Å². The summed E-state index contributed by atoms with van der Waals surface area (Å²) in [6.07, 6.45) is -0.318. The Morgan fingerprint density at radius 3 is 2.95 bits per heavy atom. The van der Waals surface area contributed by atoms with E-state index in [1.165, 1.54) is 0 Å². The maximum Gasteiger partial charge on any atom is 0.410 e. The molecule has 1 N–H and O–H groups in total. The van der Waals surface area contributed by atoms with E-state index in [1.807, 2.05) is 30.3 Å². The maximum atomic E-state index is 11.9. The zero-order valence-electron chi connectivity index (χ0n) is 11.6. The van der Waals surface area contributed by atoms with Gasteiger partial charge < -0.3 is 19.7 Å². The van der Waals surface area contributed by atoms with Crippen molar-refractivity contribution in [1.82, 2.24) is 10.2 Å². The van der Waals surface area contributed by atoms with Crippen molar-refractivity contribution < 1.29 is 14.3 Å². The van der Waals surface area contributed by atoms with Gasteiger partial charge in [-0.25, -0.2) is 4.79 Å². The monoisotopic (exact) mass is 300 g/mol. The summed E-state index contributed by atoms with van der Waals surface area (Å²) in [6, 6.07) is 9.68. The minimum absolute atomic E-state index is 0. The molecule has 2 rings (SSSR count). The molecule has 1 aromatic carbocycles. The smallest absolute Gasteiger partial charge is 0.410 e. The fourth-order valence-electron chi connectivity index (χ4n) is 1.91. The molecule has 1 fully saturated rings. The molecule has 1 aliphatic rings. The van der Waals surface area contributed by atoms with E-state index in [0.29, 0.717) is 19.8 Å². The molecule has 1 saturated heterocycles. The Morgan fingerprint density at radius 1 is 1.45 bits per heavy atom. The lowest BCUT2D eigenvalue weighted by molar-refractivity contribution is 0.0627. The van der Waals surface area contributed by atoms with Crippen molar-refractivity contribution in [3.8, 4) is 0 Å². The van der Waals surface area contributed by atoms with Crippen LogP contribution in [0.15, 0.2) is 30.3 Å². The number of benzene rings is 1. The summed E-state index contributed by atoms with van der Waals surface area (Å²) >= 11 is 0. The van der Waals surface area contributed by atoms with Gasteiger partial charge in [0, 0.05) is 20.1 Å².